The molecule has 98 valence electrons. The Labute approximate surface area is 115 Å². The highest BCUT2D eigenvalue weighted by Crippen LogP contribution is 2.41. The van der Waals surface area contributed by atoms with Gasteiger partial charge in [0, 0.05) is 12.0 Å². The van der Waals surface area contributed by atoms with E-state index in [1.165, 1.54) is 35.1 Å². The highest BCUT2D eigenvalue weighted by molar-refractivity contribution is 5.42. The van der Waals surface area contributed by atoms with E-state index in [4.69, 9.17) is 5.73 Å². The number of aryl methyl sites for hydroxylation is 2. The van der Waals surface area contributed by atoms with Gasteiger partial charge in [-0.05, 0) is 48.4 Å². The van der Waals surface area contributed by atoms with E-state index in [0.29, 0.717) is 0 Å². The van der Waals surface area contributed by atoms with Crippen molar-refractivity contribution in [3.8, 4) is 0 Å². The summed E-state index contributed by atoms with van der Waals surface area (Å²) in [5.41, 5.74) is 12.1. The Morgan fingerprint density at radius 3 is 2.58 bits per heavy atom. The van der Waals surface area contributed by atoms with Crippen molar-refractivity contribution in [1.82, 2.24) is 0 Å². The van der Waals surface area contributed by atoms with E-state index in [0.717, 1.165) is 13.0 Å². The van der Waals surface area contributed by atoms with Crippen LogP contribution in [0.4, 0.5) is 0 Å². The SMILES string of the molecule is Cc1ccccc1CC1(CN)CCc2ccccc21. The maximum atomic E-state index is 6.18. The van der Waals surface area contributed by atoms with Crippen LogP contribution < -0.4 is 5.73 Å². The highest BCUT2D eigenvalue weighted by atomic mass is 14.6. The first-order chi connectivity index (χ1) is 9.25. The van der Waals surface area contributed by atoms with Gasteiger partial charge in [0.05, 0.1) is 0 Å². The third kappa shape index (κ3) is 2.08. The molecule has 19 heavy (non-hydrogen) atoms. The van der Waals surface area contributed by atoms with Crippen molar-refractivity contribution >= 4 is 0 Å². The molecular formula is C18H21N. The van der Waals surface area contributed by atoms with Gasteiger partial charge in [-0.2, -0.15) is 0 Å². The number of benzene rings is 2. The third-order valence-electron chi connectivity index (χ3n) is 4.64. The fourth-order valence-electron chi connectivity index (χ4n) is 3.41. The van der Waals surface area contributed by atoms with Crippen molar-refractivity contribution in [3.63, 3.8) is 0 Å². The predicted octanol–water partition coefficient (Wildman–Crippen LogP) is 3.38. The molecule has 0 amide bonds. The fourth-order valence-corrected chi connectivity index (χ4v) is 3.41. The first kappa shape index (κ1) is 12.4. The van der Waals surface area contributed by atoms with Crippen molar-refractivity contribution in [2.75, 3.05) is 6.54 Å². The summed E-state index contributed by atoms with van der Waals surface area (Å²) >= 11 is 0. The second-order valence-corrected chi connectivity index (χ2v) is 5.74. The molecule has 2 N–H and O–H groups in total. The summed E-state index contributed by atoms with van der Waals surface area (Å²) < 4.78 is 0. The number of nitrogens with two attached hydrogens (primary N) is 1. The summed E-state index contributed by atoms with van der Waals surface area (Å²) in [4.78, 5) is 0. The lowest BCUT2D eigenvalue weighted by Crippen LogP contribution is -2.35. The molecule has 0 heterocycles. The van der Waals surface area contributed by atoms with Crippen LogP contribution in [-0.4, -0.2) is 6.54 Å². The lowest BCUT2D eigenvalue weighted by Gasteiger charge is -2.30. The quantitative estimate of drug-likeness (QED) is 0.889. The van der Waals surface area contributed by atoms with Crippen LogP contribution in [0.3, 0.4) is 0 Å². The van der Waals surface area contributed by atoms with Gasteiger partial charge in [-0.15, -0.1) is 0 Å². The van der Waals surface area contributed by atoms with Crippen molar-refractivity contribution in [1.29, 1.82) is 0 Å². The van der Waals surface area contributed by atoms with Crippen LogP contribution in [0.25, 0.3) is 0 Å². The van der Waals surface area contributed by atoms with Gasteiger partial charge >= 0.3 is 0 Å². The van der Waals surface area contributed by atoms with Crippen LogP contribution in [-0.2, 0) is 18.3 Å². The van der Waals surface area contributed by atoms with E-state index in [1.807, 2.05) is 0 Å². The average molecular weight is 251 g/mol. The van der Waals surface area contributed by atoms with E-state index >= 15 is 0 Å². The molecule has 0 aliphatic heterocycles. The van der Waals surface area contributed by atoms with Gasteiger partial charge in [-0.1, -0.05) is 48.5 Å². The fraction of sp³-hybridized carbons (Fsp3) is 0.333. The Bertz CT molecular complexity index is 588. The van der Waals surface area contributed by atoms with Gasteiger partial charge in [0.25, 0.3) is 0 Å². The second-order valence-electron chi connectivity index (χ2n) is 5.74. The number of hydrogen-bond acceptors (Lipinski definition) is 1. The molecule has 1 atom stereocenters. The molecular weight excluding hydrogens is 230 g/mol. The third-order valence-corrected chi connectivity index (χ3v) is 4.64. The number of fused-ring (bicyclic) bond motifs is 1. The van der Waals surface area contributed by atoms with E-state index in [9.17, 15) is 0 Å². The molecule has 0 fully saturated rings. The zero-order valence-corrected chi connectivity index (χ0v) is 11.5. The molecule has 1 heteroatoms. The summed E-state index contributed by atoms with van der Waals surface area (Å²) in [5, 5.41) is 0. The minimum atomic E-state index is 0.142. The second kappa shape index (κ2) is 4.82. The van der Waals surface area contributed by atoms with E-state index in [1.54, 1.807) is 0 Å². The molecule has 1 aliphatic rings. The topological polar surface area (TPSA) is 26.0 Å². The van der Waals surface area contributed by atoms with Crippen LogP contribution in [0.5, 0.6) is 0 Å². The smallest absolute Gasteiger partial charge is 0.0122 e. The molecule has 3 rings (SSSR count). The lowest BCUT2D eigenvalue weighted by molar-refractivity contribution is 0.431. The Morgan fingerprint density at radius 2 is 1.79 bits per heavy atom. The summed E-state index contributed by atoms with van der Waals surface area (Å²) in [6.45, 7) is 2.93. The van der Waals surface area contributed by atoms with Crippen molar-refractivity contribution < 1.29 is 0 Å². The summed E-state index contributed by atoms with van der Waals surface area (Å²) in [5.74, 6) is 0. The van der Waals surface area contributed by atoms with Gasteiger partial charge in [0.2, 0.25) is 0 Å². The molecule has 2 aromatic rings. The predicted molar refractivity (Wildman–Crippen MR) is 80.4 cm³/mol. The Hall–Kier alpha value is -1.60. The first-order valence-electron chi connectivity index (χ1n) is 7.08. The normalized spacial score (nSPS) is 21.4. The average Bonchev–Trinajstić information content (AvgIpc) is 2.81. The summed E-state index contributed by atoms with van der Waals surface area (Å²) in [6.07, 6.45) is 3.41. The monoisotopic (exact) mass is 251 g/mol. The molecule has 0 saturated heterocycles. The maximum absolute atomic E-state index is 6.18. The standard InChI is InChI=1S/C18H21N/c1-14-6-2-3-8-16(14)12-18(13-19)11-10-15-7-4-5-9-17(15)18/h2-9H,10-13,19H2,1H3. The molecule has 0 bridgehead atoms. The first-order valence-corrected chi connectivity index (χ1v) is 7.08. The van der Waals surface area contributed by atoms with Crippen LogP contribution in [0.2, 0.25) is 0 Å². The van der Waals surface area contributed by atoms with Gasteiger partial charge in [-0.3, -0.25) is 0 Å². The summed E-state index contributed by atoms with van der Waals surface area (Å²) in [7, 11) is 0. The number of rotatable bonds is 3. The van der Waals surface area contributed by atoms with Crippen LogP contribution >= 0.6 is 0 Å². The van der Waals surface area contributed by atoms with Crippen LogP contribution in [0.15, 0.2) is 48.5 Å². The lowest BCUT2D eigenvalue weighted by atomic mass is 9.76. The molecule has 1 nitrogen and oxygen atoms in total. The van der Waals surface area contributed by atoms with E-state index in [-0.39, 0.29) is 5.41 Å². The molecule has 0 aromatic heterocycles. The van der Waals surface area contributed by atoms with Crippen molar-refractivity contribution in [3.05, 3.63) is 70.8 Å². The summed E-state index contributed by atoms with van der Waals surface area (Å²) in [6, 6.07) is 17.5. The van der Waals surface area contributed by atoms with Gasteiger partial charge in [-0.25, -0.2) is 0 Å². The van der Waals surface area contributed by atoms with Crippen molar-refractivity contribution in [2.24, 2.45) is 5.73 Å². The highest BCUT2D eigenvalue weighted by Gasteiger charge is 2.37. The van der Waals surface area contributed by atoms with E-state index < -0.39 is 0 Å². The maximum Gasteiger partial charge on any atom is 0.0122 e. The van der Waals surface area contributed by atoms with Crippen LogP contribution in [0.1, 0.15) is 28.7 Å². The zero-order chi connectivity index (χ0) is 13.3. The largest absolute Gasteiger partial charge is 0.330 e. The molecule has 0 saturated carbocycles. The Balaban J connectivity index is 2.00. The Kier molecular flexibility index (Phi) is 3.16. The van der Waals surface area contributed by atoms with Gasteiger partial charge in [0.15, 0.2) is 0 Å². The van der Waals surface area contributed by atoms with Crippen molar-refractivity contribution in [2.45, 2.75) is 31.6 Å². The van der Waals surface area contributed by atoms with Crippen LogP contribution in [0, 0.1) is 6.92 Å². The van der Waals surface area contributed by atoms with Gasteiger partial charge < -0.3 is 5.73 Å². The molecule has 1 aliphatic carbocycles. The minimum Gasteiger partial charge on any atom is -0.330 e. The zero-order valence-electron chi connectivity index (χ0n) is 11.5. The number of hydrogen-bond donors (Lipinski definition) is 1. The Morgan fingerprint density at radius 1 is 1.05 bits per heavy atom. The van der Waals surface area contributed by atoms with E-state index in [2.05, 4.69) is 55.5 Å². The molecule has 0 spiro atoms. The molecule has 1 unspecified atom stereocenters. The minimum absolute atomic E-state index is 0.142. The van der Waals surface area contributed by atoms with Gasteiger partial charge in [0.1, 0.15) is 0 Å². The molecule has 2 aromatic carbocycles. The molecule has 0 radical (unpaired) electrons.